The van der Waals surface area contributed by atoms with E-state index in [1.807, 2.05) is 0 Å². The Morgan fingerprint density at radius 3 is 2.58 bits per heavy atom. The molecular weight excluding hydrogens is 460 g/mol. The number of nitrogen functional groups attached to an aromatic ring is 1. The van der Waals surface area contributed by atoms with E-state index in [0.29, 0.717) is 0 Å². The summed E-state index contributed by atoms with van der Waals surface area (Å²) in [7, 11) is -3.64. The second-order valence-corrected chi connectivity index (χ2v) is 9.10. The number of hydrogen-bond donors (Lipinski definition) is 3. The number of sulfone groups is 1. The number of nitrogens with one attached hydrogen (secondary N) is 2. The predicted octanol–water partition coefficient (Wildman–Crippen LogP) is 3.85. The van der Waals surface area contributed by atoms with Gasteiger partial charge in [-0.3, -0.25) is 0 Å². The van der Waals surface area contributed by atoms with Crippen LogP contribution in [0.5, 0.6) is 0 Å². The fourth-order valence-electron chi connectivity index (χ4n) is 2.83. The van der Waals surface area contributed by atoms with Gasteiger partial charge in [0.25, 0.3) is 0 Å². The van der Waals surface area contributed by atoms with Crippen molar-refractivity contribution in [1.29, 1.82) is 0 Å². The molecule has 0 amide bonds. The molecule has 3 aromatic rings. The Bertz CT molecular complexity index is 1270. The van der Waals surface area contributed by atoms with Crippen LogP contribution in [0, 0.1) is 12.7 Å². The predicted molar refractivity (Wildman–Crippen MR) is 111 cm³/mol. The molecule has 1 unspecified atom stereocenters. The van der Waals surface area contributed by atoms with E-state index in [0.717, 1.165) is 30.7 Å². The molecule has 0 saturated carbocycles. The summed E-state index contributed by atoms with van der Waals surface area (Å²) in [4.78, 5) is 3.51. The number of hydrogen-bond acceptors (Lipinski definition) is 6. The maximum absolute atomic E-state index is 13.8. The smallest absolute Gasteiger partial charge is 0.415 e. The van der Waals surface area contributed by atoms with E-state index in [1.54, 1.807) is 0 Å². The lowest BCUT2D eigenvalue weighted by molar-refractivity contribution is -0.157. The van der Waals surface area contributed by atoms with Crippen molar-refractivity contribution in [2.75, 3.05) is 17.3 Å². The van der Waals surface area contributed by atoms with Gasteiger partial charge in [0.1, 0.15) is 23.0 Å². The van der Waals surface area contributed by atoms with Crippen LogP contribution in [0.25, 0.3) is 11.0 Å². The van der Waals surface area contributed by atoms with Crippen LogP contribution in [0.2, 0.25) is 0 Å². The molecule has 0 aliphatic rings. The summed E-state index contributed by atoms with van der Waals surface area (Å²) < 4.78 is 83.6. The molecule has 4 N–H and O–H groups in total. The summed E-state index contributed by atoms with van der Waals surface area (Å²) >= 11 is 4.97. The van der Waals surface area contributed by atoms with E-state index in [1.165, 1.54) is 13.0 Å². The van der Waals surface area contributed by atoms with Gasteiger partial charge >= 0.3 is 6.18 Å². The van der Waals surface area contributed by atoms with Crippen molar-refractivity contribution in [2.24, 2.45) is 0 Å². The first-order chi connectivity index (χ1) is 14.3. The van der Waals surface area contributed by atoms with Crippen molar-refractivity contribution in [1.82, 2.24) is 10.3 Å². The number of anilines is 2. The van der Waals surface area contributed by atoms with Crippen LogP contribution < -0.4 is 16.4 Å². The Kier molecular flexibility index (Phi) is 5.84. The molecule has 0 saturated heterocycles. The zero-order chi connectivity index (χ0) is 23.1. The first kappa shape index (κ1) is 22.7. The van der Waals surface area contributed by atoms with Gasteiger partial charge in [-0.1, -0.05) is 0 Å². The largest absolute Gasteiger partial charge is 0.458 e. The molecule has 2 heterocycles. The molecular formula is C18H16F4N4O3S2. The fraction of sp³-hybridized carbons (Fsp3) is 0.222. The van der Waals surface area contributed by atoms with E-state index < -0.39 is 38.7 Å². The summed E-state index contributed by atoms with van der Waals surface area (Å²) in [6.07, 6.45) is -2.88. The Morgan fingerprint density at radius 2 is 1.97 bits per heavy atom. The Balaban J connectivity index is 1.93. The van der Waals surface area contributed by atoms with Gasteiger partial charge < -0.3 is 20.8 Å². The number of nitrogens with two attached hydrogens (primary N) is 1. The maximum Gasteiger partial charge on any atom is 0.415 e. The van der Waals surface area contributed by atoms with Gasteiger partial charge in [0.05, 0.1) is 10.6 Å². The van der Waals surface area contributed by atoms with Gasteiger partial charge in [0, 0.05) is 23.4 Å². The highest BCUT2D eigenvalue weighted by Gasteiger charge is 2.45. The van der Waals surface area contributed by atoms with Gasteiger partial charge in [0.15, 0.2) is 21.0 Å². The summed E-state index contributed by atoms with van der Waals surface area (Å²) in [5.74, 6) is -1.28. The first-order valence-electron chi connectivity index (χ1n) is 8.55. The molecule has 7 nitrogen and oxygen atoms in total. The van der Waals surface area contributed by atoms with Crippen LogP contribution in [0.3, 0.4) is 0 Å². The molecule has 0 aliphatic carbocycles. The van der Waals surface area contributed by atoms with E-state index >= 15 is 0 Å². The molecule has 1 atom stereocenters. The zero-order valence-corrected chi connectivity index (χ0v) is 17.7. The van der Waals surface area contributed by atoms with Crippen molar-refractivity contribution in [3.63, 3.8) is 0 Å². The number of benzene rings is 1. The van der Waals surface area contributed by atoms with E-state index in [4.69, 9.17) is 22.4 Å². The number of nitrogens with zero attached hydrogens (tertiary/aromatic N) is 1. The van der Waals surface area contributed by atoms with Crippen molar-refractivity contribution in [3.05, 3.63) is 47.6 Å². The number of aryl methyl sites for hydroxylation is 1. The molecule has 3 rings (SSSR count). The molecule has 0 radical (unpaired) electrons. The third kappa shape index (κ3) is 4.88. The molecule has 0 aliphatic heterocycles. The lowest BCUT2D eigenvalue weighted by Gasteiger charge is -2.22. The third-order valence-corrected chi connectivity index (χ3v) is 5.67. The van der Waals surface area contributed by atoms with Gasteiger partial charge in [-0.25, -0.2) is 17.8 Å². The summed E-state index contributed by atoms with van der Waals surface area (Å²) in [6.45, 7) is 1.37. The quantitative estimate of drug-likeness (QED) is 0.385. The number of thiocarbonyl (C=S) groups is 1. The molecule has 0 bridgehead atoms. The van der Waals surface area contributed by atoms with E-state index in [9.17, 15) is 26.0 Å². The first-order valence-corrected chi connectivity index (χ1v) is 10.9. The second-order valence-electron chi connectivity index (χ2n) is 6.68. The topological polar surface area (TPSA) is 110 Å². The van der Waals surface area contributed by atoms with Crippen LogP contribution in [0.15, 0.2) is 39.8 Å². The molecule has 2 aromatic heterocycles. The fourth-order valence-corrected chi connectivity index (χ4v) is 3.64. The minimum Gasteiger partial charge on any atom is -0.458 e. The SMILES string of the molecule is Cc1c(C(NC(=S)Nc2cc(S(C)(=O)=O)cnc2N)C(F)(F)F)oc2ccc(F)cc12. The van der Waals surface area contributed by atoms with Gasteiger partial charge in [-0.2, -0.15) is 13.2 Å². The van der Waals surface area contributed by atoms with Crippen molar-refractivity contribution in [3.8, 4) is 0 Å². The lowest BCUT2D eigenvalue weighted by atomic mass is 10.1. The number of rotatable bonds is 4. The standard InChI is InChI=1S/C18H16F4N4O3S2/c1-8-11-5-9(19)3-4-13(11)29-14(8)15(18(20,21)22)26-17(30)25-12-6-10(31(2,27)28)7-24-16(12)23/h3-7,15H,1-2H3,(H2,23,24)(H2,25,26,30). The number of fused-ring (bicyclic) bond motifs is 1. The minimum atomic E-state index is -4.83. The molecule has 31 heavy (non-hydrogen) atoms. The maximum atomic E-state index is 13.8. The highest BCUT2D eigenvalue weighted by atomic mass is 32.2. The number of furan rings is 1. The average molecular weight is 476 g/mol. The second kappa shape index (κ2) is 7.96. The summed E-state index contributed by atoms with van der Waals surface area (Å²) in [6, 6.07) is 2.11. The van der Waals surface area contributed by atoms with Crippen molar-refractivity contribution < 1.29 is 30.4 Å². The van der Waals surface area contributed by atoms with Gasteiger partial charge in [0.2, 0.25) is 0 Å². The Morgan fingerprint density at radius 1 is 1.29 bits per heavy atom. The number of aromatic nitrogens is 1. The summed E-state index contributed by atoms with van der Waals surface area (Å²) in [5.41, 5.74) is 5.74. The van der Waals surface area contributed by atoms with E-state index in [2.05, 4.69) is 15.6 Å². The normalized spacial score (nSPS) is 13.2. The van der Waals surface area contributed by atoms with Gasteiger partial charge in [-0.05, 0) is 43.4 Å². The van der Waals surface area contributed by atoms with E-state index in [-0.39, 0.29) is 32.9 Å². The Hall–Kier alpha value is -2.93. The zero-order valence-electron chi connectivity index (χ0n) is 16.0. The highest BCUT2D eigenvalue weighted by molar-refractivity contribution is 7.90. The Labute approximate surface area is 179 Å². The highest BCUT2D eigenvalue weighted by Crippen LogP contribution is 2.38. The molecule has 166 valence electrons. The molecule has 0 spiro atoms. The van der Waals surface area contributed by atoms with Gasteiger partial charge in [-0.15, -0.1) is 0 Å². The summed E-state index contributed by atoms with van der Waals surface area (Å²) in [5, 5.41) is 4.21. The molecule has 1 aromatic carbocycles. The van der Waals surface area contributed by atoms with Crippen molar-refractivity contribution in [2.45, 2.75) is 24.0 Å². The monoisotopic (exact) mass is 476 g/mol. The number of halogens is 4. The van der Waals surface area contributed by atoms with Crippen molar-refractivity contribution >= 4 is 49.6 Å². The minimum absolute atomic E-state index is 0.0816. The van der Waals surface area contributed by atoms with Crippen LogP contribution in [-0.2, 0) is 9.84 Å². The van der Waals surface area contributed by atoms with Crippen LogP contribution >= 0.6 is 12.2 Å². The average Bonchev–Trinajstić information content (AvgIpc) is 2.95. The lowest BCUT2D eigenvalue weighted by Crippen LogP contribution is -2.40. The number of alkyl halides is 3. The van der Waals surface area contributed by atoms with Crippen LogP contribution in [-0.4, -0.2) is 30.9 Å². The third-order valence-electron chi connectivity index (χ3n) is 4.37. The van der Waals surface area contributed by atoms with Crippen LogP contribution in [0.1, 0.15) is 17.4 Å². The van der Waals surface area contributed by atoms with Crippen LogP contribution in [0.4, 0.5) is 29.1 Å². The molecule has 13 heteroatoms. The number of pyridine rings is 1. The molecule has 0 fully saturated rings.